The van der Waals surface area contributed by atoms with Crippen LogP contribution in [-0.2, 0) is 11.2 Å². The number of hydrogen-bond acceptors (Lipinski definition) is 4. The summed E-state index contributed by atoms with van der Waals surface area (Å²) in [5, 5.41) is 3.05. The lowest BCUT2D eigenvalue weighted by molar-refractivity contribution is -0.125. The second kappa shape index (κ2) is 7.51. The van der Waals surface area contributed by atoms with Crippen LogP contribution in [0.2, 0.25) is 0 Å². The van der Waals surface area contributed by atoms with Crippen LogP contribution in [0.3, 0.4) is 0 Å². The Morgan fingerprint density at radius 3 is 2.85 bits per heavy atom. The van der Waals surface area contributed by atoms with E-state index in [2.05, 4.69) is 51.5 Å². The standard InChI is InChI=1S/C22H27N3O2/c1-3-23-22(26)19-13-16-7-4-5-10-20(16)25-12-11-24(15-21(19)25)17-8-6-9-18(14-17)27-2/h4-10,14,19,21H,3,11-13,15H2,1-2H3,(H,23,26)/t19-,21+/m0/s1. The minimum absolute atomic E-state index is 0.0340. The minimum atomic E-state index is -0.0340. The van der Waals surface area contributed by atoms with Crippen molar-refractivity contribution in [2.75, 3.05) is 43.1 Å². The maximum atomic E-state index is 12.8. The number of fused-ring (bicyclic) bond motifs is 3. The van der Waals surface area contributed by atoms with Crippen LogP contribution in [0.1, 0.15) is 12.5 Å². The van der Waals surface area contributed by atoms with E-state index in [1.807, 2.05) is 19.1 Å². The highest BCUT2D eigenvalue weighted by molar-refractivity contribution is 5.82. The first-order chi connectivity index (χ1) is 13.2. The van der Waals surface area contributed by atoms with E-state index in [1.165, 1.54) is 11.3 Å². The number of rotatable bonds is 4. The van der Waals surface area contributed by atoms with Gasteiger partial charge in [0.1, 0.15) is 5.75 Å². The van der Waals surface area contributed by atoms with Gasteiger partial charge < -0.3 is 19.9 Å². The summed E-state index contributed by atoms with van der Waals surface area (Å²) in [5.74, 6) is 0.993. The van der Waals surface area contributed by atoms with Gasteiger partial charge in [-0.25, -0.2) is 0 Å². The second-order valence-electron chi connectivity index (χ2n) is 7.24. The molecule has 1 amide bonds. The first-order valence-corrected chi connectivity index (χ1v) is 9.72. The van der Waals surface area contributed by atoms with Gasteiger partial charge in [-0.1, -0.05) is 24.3 Å². The summed E-state index contributed by atoms with van der Waals surface area (Å²) in [6.45, 7) is 5.33. The summed E-state index contributed by atoms with van der Waals surface area (Å²) >= 11 is 0. The molecule has 5 heteroatoms. The van der Waals surface area contributed by atoms with E-state index in [-0.39, 0.29) is 17.9 Å². The molecule has 2 aliphatic heterocycles. The Kier molecular flexibility index (Phi) is 4.92. The van der Waals surface area contributed by atoms with Gasteiger partial charge in [-0.2, -0.15) is 0 Å². The van der Waals surface area contributed by atoms with E-state index in [1.54, 1.807) is 7.11 Å². The van der Waals surface area contributed by atoms with Crippen molar-refractivity contribution in [1.82, 2.24) is 5.32 Å². The average Bonchev–Trinajstić information content (AvgIpc) is 2.73. The summed E-state index contributed by atoms with van der Waals surface area (Å²) in [4.78, 5) is 17.6. The number of anilines is 2. The minimum Gasteiger partial charge on any atom is -0.497 e. The van der Waals surface area contributed by atoms with Crippen LogP contribution in [0.4, 0.5) is 11.4 Å². The fourth-order valence-electron chi connectivity index (χ4n) is 4.40. The van der Waals surface area contributed by atoms with E-state index >= 15 is 0 Å². The lowest BCUT2D eigenvalue weighted by Gasteiger charge is -2.49. The van der Waals surface area contributed by atoms with Crippen LogP contribution in [0, 0.1) is 5.92 Å². The molecule has 0 unspecified atom stereocenters. The number of ether oxygens (including phenoxy) is 1. The molecule has 27 heavy (non-hydrogen) atoms. The first-order valence-electron chi connectivity index (χ1n) is 9.72. The predicted octanol–water partition coefficient (Wildman–Crippen LogP) is 2.70. The number of carbonyl (C=O) groups is 1. The monoisotopic (exact) mass is 365 g/mol. The zero-order valence-electron chi connectivity index (χ0n) is 16.0. The summed E-state index contributed by atoms with van der Waals surface area (Å²) in [7, 11) is 1.69. The zero-order valence-corrected chi connectivity index (χ0v) is 16.0. The van der Waals surface area contributed by atoms with E-state index in [4.69, 9.17) is 4.74 Å². The molecule has 5 nitrogen and oxygen atoms in total. The molecular formula is C22H27N3O2. The summed E-state index contributed by atoms with van der Waals surface area (Å²) < 4.78 is 5.39. The third kappa shape index (κ3) is 3.34. The van der Waals surface area contributed by atoms with Crippen LogP contribution in [0.15, 0.2) is 48.5 Å². The Balaban J connectivity index is 1.64. The van der Waals surface area contributed by atoms with Crippen molar-refractivity contribution in [3.8, 4) is 5.75 Å². The normalized spacial score (nSPS) is 21.3. The van der Waals surface area contributed by atoms with Gasteiger partial charge in [0.2, 0.25) is 5.91 Å². The molecule has 2 aromatic rings. The third-order valence-corrected chi connectivity index (χ3v) is 5.73. The van der Waals surface area contributed by atoms with Gasteiger partial charge >= 0.3 is 0 Å². The van der Waals surface area contributed by atoms with Crippen LogP contribution in [-0.4, -0.2) is 45.2 Å². The van der Waals surface area contributed by atoms with E-state index in [9.17, 15) is 4.79 Å². The molecule has 0 radical (unpaired) electrons. The van der Waals surface area contributed by atoms with Crippen molar-refractivity contribution in [1.29, 1.82) is 0 Å². The first kappa shape index (κ1) is 17.7. The fraction of sp³-hybridized carbons (Fsp3) is 0.409. The van der Waals surface area contributed by atoms with Crippen LogP contribution in [0.5, 0.6) is 5.75 Å². The Hall–Kier alpha value is -2.69. The van der Waals surface area contributed by atoms with Crippen molar-refractivity contribution < 1.29 is 9.53 Å². The Labute approximate surface area is 160 Å². The SMILES string of the molecule is CCNC(=O)[C@H]1Cc2ccccc2N2CCN(c3cccc(OC)c3)C[C@H]12. The maximum Gasteiger partial charge on any atom is 0.225 e. The van der Waals surface area contributed by atoms with Gasteiger partial charge in [0.15, 0.2) is 0 Å². The molecule has 0 aromatic heterocycles. The topological polar surface area (TPSA) is 44.8 Å². The van der Waals surface area contributed by atoms with Crippen molar-refractivity contribution in [2.45, 2.75) is 19.4 Å². The number of benzene rings is 2. The molecule has 1 saturated heterocycles. The number of nitrogens with one attached hydrogen (secondary N) is 1. The zero-order chi connectivity index (χ0) is 18.8. The van der Waals surface area contributed by atoms with Gasteiger partial charge in [-0.3, -0.25) is 4.79 Å². The number of para-hydroxylation sites is 1. The molecule has 0 saturated carbocycles. The van der Waals surface area contributed by atoms with Crippen molar-refractivity contribution >= 4 is 17.3 Å². The molecule has 2 aliphatic rings. The number of piperazine rings is 1. The fourth-order valence-corrected chi connectivity index (χ4v) is 4.40. The number of hydrogen-bond donors (Lipinski definition) is 1. The number of amides is 1. The van der Waals surface area contributed by atoms with Crippen LogP contribution >= 0.6 is 0 Å². The smallest absolute Gasteiger partial charge is 0.225 e. The van der Waals surface area contributed by atoms with Gasteiger partial charge in [-0.05, 0) is 37.1 Å². The molecule has 0 aliphatic carbocycles. The number of nitrogens with zero attached hydrogens (tertiary/aromatic N) is 2. The summed E-state index contributed by atoms with van der Waals surface area (Å²) in [6.07, 6.45) is 0.801. The number of carbonyl (C=O) groups excluding carboxylic acids is 1. The molecule has 2 heterocycles. The maximum absolute atomic E-state index is 12.8. The molecule has 4 rings (SSSR count). The van der Waals surface area contributed by atoms with Gasteiger partial charge in [-0.15, -0.1) is 0 Å². The Morgan fingerprint density at radius 1 is 1.19 bits per heavy atom. The number of methoxy groups -OCH3 is 1. The Morgan fingerprint density at radius 2 is 2.04 bits per heavy atom. The molecule has 0 spiro atoms. The molecule has 1 N–H and O–H groups in total. The summed E-state index contributed by atoms with van der Waals surface area (Å²) in [6, 6.07) is 16.9. The van der Waals surface area contributed by atoms with Crippen molar-refractivity contribution in [3.63, 3.8) is 0 Å². The van der Waals surface area contributed by atoms with E-state index in [0.29, 0.717) is 6.54 Å². The van der Waals surface area contributed by atoms with E-state index < -0.39 is 0 Å². The molecule has 0 bridgehead atoms. The molecule has 2 aromatic carbocycles. The average molecular weight is 365 g/mol. The molecule has 142 valence electrons. The second-order valence-corrected chi connectivity index (χ2v) is 7.24. The quantitative estimate of drug-likeness (QED) is 0.905. The molecule has 1 fully saturated rings. The molecule has 2 atom stereocenters. The van der Waals surface area contributed by atoms with Crippen molar-refractivity contribution in [2.24, 2.45) is 5.92 Å². The summed E-state index contributed by atoms with van der Waals surface area (Å²) in [5.41, 5.74) is 3.72. The lowest BCUT2D eigenvalue weighted by Crippen LogP contribution is -2.61. The highest BCUT2D eigenvalue weighted by Crippen LogP contribution is 2.37. The van der Waals surface area contributed by atoms with Gasteiger partial charge in [0, 0.05) is 43.6 Å². The largest absolute Gasteiger partial charge is 0.497 e. The van der Waals surface area contributed by atoms with E-state index in [0.717, 1.165) is 37.5 Å². The molecular weight excluding hydrogens is 338 g/mol. The Bertz CT molecular complexity index is 823. The van der Waals surface area contributed by atoms with Crippen molar-refractivity contribution in [3.05, 3.63) is 54.1 Å². The third-order valence-electron chi connectivity index (χ3n) is 5.73. The van der Waals surface area contributed by atoms with Crippen LogP contribution < -0.4 is 19.9 Å². The predicted molar refractivity (Wildman–Crippen MR) is 109 cm³/mol. The van der Waals surface area contributed by atoms with Gasteiger partial charge in [0.05, 0.1) is 19.1 Å². The lowest BCUT2D eigenvalue weighted by atomic mass is 9.83. The highest BCUT2D eigenvalue weighted by atomic mass is 16.5. The van der Waals surface area contributed by atoms with Gasteiger partial charge in [0.25, 0.3) is 0 Å². The van der Waals surface area contributed by atoms with Crippen LogP contribution in [0.25, 0.3) is 0 Å². The highest BCUT2D eigenvalue weighted by Gasteiger charge is 2.41.